The summed E-state index contributed by atoms with van der Waals surface area (Å²) in [6, 6.07) is 2.49. The van der Waals surface area contributed by atoms with Crippen LogP contribution in [-0.2, 0) is 29.3 Å². The molecule has 0 bridgehead atoms. The van der Waals surface area contributed by atoms with E-state index in [-0.39, 0.29) is 49.3 Å². The van der Waals surface area contributed by atoms with Crippen LogP contribution < -0.4 is 14.8 Å². The summed E-state index contributed by atoms with van der Waals surface area (Å²) in [6.45, 7) is 8.90. The van der Waals surface area contributed by atoms with Crippen molar-refractivity contribution in [3.63, 3.8) is 0 Å². The Hall–Kier alpha value is -4.05. The van der Waals surface area contributed by atoms with Gasteiger partial charge in [-0.25, -0.2) is 13.9 Å². The lowest BCUT2D eigenvalue weighted by Gasteiger charge is -2.30. The highest BCUT2D eigenvalue weighted by Gasteiger charge is 2.61. The Balaban J connectivity index is 1.50. The monoisotopic (exact) mass is 746 g/mol. The van der Waals surface area contributed by atoms with E-state index in [1.807, 2.05) is 26.0 Å². The Morgan fingerprint density at radius 3 is 2.54 bits per heavy atom. The zero-order valence-electron chi connectivity index (χ0n) is 31.0. The maximum atomic E-state index is 14.8. The smallest absolute Gasteiger partial charge is 0.408 e. The fraction of sp³-hybridized carbons (Fsp3) is 0.639. The first kappa shape index (κ1) is 39.2. The van der Waals surface area contributed by atoms with Crippen LogP contribution in [0.2, 0.25) is 0 Å². The molecule has 0 radical (unpaired) electrons. The first-order valence-corrected chi connectivity index (χ1v) is 19.3. The first-order chi connectivity index (χ1) is 24.3. The lowest BCUT2D eigenvalue weighted by molar-refractivity contribution is -0.140. The lowest BCUT2D eigenvalue weighted by atomic mass is 9.91. The average molecular weight is 747 g/mol. The van der Waals surface area contributed by atoms with Gasteiger partial charge in [-0.2, -0.15) is 17.7 Å². The molecule has 1 saturated carbocycles. The number of ether oxygens (including phenoxy) is 2. The predicted octanol–water partition coefficient (Wildman–Crippen LogP) is 4.41. The number of allylic oxidation sites excluding steroid dienone is 2. The third-order valence-electron chi connectivity index (χ3n) is 9.84. The SMILES string of the molecule is CC(C)n1c(O[C@@H]2C[C@H]3C(=O)C[C@]4(C(=O)NS(=O)(=O)N(C)C)C[C@H]4/C=C\CCCCC[C@H](NC(=O)OC(C)(C)C)C(=O)N3C2)nc2c(F)cccc21. The molecule has 2 N–H and O–H groups in total. The number of hydrogen-bond donors (Lipinski definition) is 2. The summed E-state index contributed by atoms with van der Waals surface area (Å²) in [6.07, 6.45) is 5.38. The van der Waals surface area contributed by atoms with Gasteiger partial charge in [0.05, 0.1) is 23.5 Å². The number of aromatic nitrogens is 2. The third kappa shape index (κ3) is 8.59. The second-order valence-corrected chi connectivity index (χ2v) is 17.4. The van der Waals surface area contributed by atoms with Gasteiger partial charge < -0.3 is 19.7 Å². The number of imidazole rings is 1. The van der Waals surface area contributed by atoms with E-state index in [2.05, 4.69) is 15.0 Å². The van der Waals surface area contributed by atoms with Gasteiger partial charge in [-0.3, -0.25) is 19.0 Å². The molecule has 5 atom stereocenters. The second-order valence-electron chi connectivity index (χ2n) is 15.5. The van der Waals surface area contributed by atoms with Crippen molar-refractivity contribution in [2.45, 2.75) is 116 Å². The topological polar surface area (TPSA) is 169 Å². The van der Waals surface area contributed by atoms with Crippen LogP contribution in [0.5, 0.6) is 6.01 Å². The Bertz CT molecular complexity index is 1840. The molecular formula is C36H51FN6O8S. The van der Waals surface area contributed by atoms with Gasteiger partial charge in [-0.15, -0.1) is 0 Å². The largest absolute Gasteiger partial charge is 0.459 e. The van der Waals surface area contributed by atoms with E-state index in [9.17, 15) is 32.0 Å². The van der Waals surface area contributed by atoms with Crippen molar-refractivity contribution in [2.75, 3.05) is 20.6 Å². The molecule has 0 spiro atoms. The highest BCUT2D eigenvalue weighted by Crippen LogP contribution is 2.57. The number of benzene rings is 1. The maximum Gasteiger partial charge on any atom is 0.408 e. The van der Waals surface area contributed by atoms with E-state index >= 15 is 0 Å². The van der Waals surface area contributed by atoms with Crippen LogP contribution in [0.15, 0.2) is 30.4 Å². The molecule has 3 aliphatic rings. The summed E-state index contributed by atoms with van der Waals surface area (Å²) in [4.78, 5) is 61.3. The lowest BCUT2D eigenvalue weighted by Crippen LogP contribution is -2.53. The molecule has 3 amide bonds. The van der Waals surface area contributed by atoms with Crippen LogP contribution in [0.25, 0.3) is 11.0 Å². The van der Waals surface area contributed by atoms with Crippen LogP contribution in [-0.4, -0.2) is 95.3 Å². The molecule has 0 unspecified atom stereocenters. The summed E-state index contributed by atoms with van der Waals surface area (Å²) in [5.74, 6) is -2.63. The van der Waals surface area contributed by atoms with Gasteiger partial charge in [0.2, 0.25) is 11.8 Å². The van der Waals surface area contributed by atoms with E-state index in [4.69, 9.17) is 9.47 Å². The van der Waals surface area contributed by atoms with E-state index < -0.39 is 68.9 Å². The number of nitrogens with zero attached hydrogens (tertiary/aromatic N) is 4. The van der Waals surface area contributed by atoms with Gasteiger partial charge in [-0.1, -0.05) is 31.1 Å². The minimum Gasteiger partial charge on any atom is -0.459 e. The number of ketones is 1. The van der Waals surface area contributed by atoms with Crippen molar-refractivity contribution in [1.82, 2.24) is 28.8 Å². The highest BCUT2D eigenvalue weighted by molar-refractivity contribution is 7.87. The number of nitrogens with one attached hydrogen (secondary N) is 2. The van der Waals surface area contributed by atoms with E-state index in [1.54, 1.807) is 37.5 Å². The fourth-order valence-electron chi connectivity index (χ4n) is 7.05. The summed E-state index contributed by atoms with van der Waals surface area (Å²) in [7, 11) is -1.55. The fourth-order valence-corrected chi connectivity index (χ4v) is 7.67. The van der Waals surface area contributed by atoms with Crippen molar-refractivity contribution in [1.29, 1.82) is 0 Å². The number of rotatable bonds is 7. The molecule has 16 heteroatoms. The minimum absolute atomic E-state index is 0.0295. The van der Waals surface area contributed by atoms with Gasteiger partial charge in [0.15, 0.2) is 11.6 Å². The van der Waals surface area contributed by atoms with Crippen molar-refractivity contribution >= 4 is 44.9 Å². The molecule has 14 nitrogen and oxygen atoms in total. The van der Waals surface area contributed by atoms with E-state index in [1.165, 1.54) is 25.1 Å². The molecule has 2 aliphatic heterocycles. The number of Topliss-reactive ketones (excluding diaryl/α,β-unsaturated/α-hetero) is 1. The Morgan fingerprint density at radius 1 is 1.13 bits per heavy atom. The Morgan fingerprint density at radius 2 is 1.87 bits per heavy atom. The zero-order valence-corrected chi connectivity index (χ0v) is 31.8. The van der Waals surface area contributed by atoms with Crippen molar-refractivity contribution in [2.24, 2.45) is 11.3 Å². The molecule has 2 fully saturated rings. The van der Waals surface area contributed by atoms with Crippen molar-refractivity contribution < 1.29 is 41.5 Å². The van der Waals surface area contributed by atoms with Gasteiger partial charge in [0.25, 0.3) is 6.01 Å². The van der Waals surface area contributed by atoms with Crippen LogP contribution in [0, 0.1) is 17.2 Å². The molecule has 286 valence electrons. The summed E-state index contributed by atoms with van der Waals surface area (Å²) in [5.41, 5.74) is -1.50. The third-order valence-corrected chi connectivity index (χ3v) is 11.2. The Labute approximate surface area is 304 Å². The number of carbonyl (C=O) groups excluding carboxylic acids is 4. The molecule has 2 aromatic rings. The molecule has 1 aromatic heterocycles. The molecule has 3 heterocycles. The van der Waals surface area contributed by atoms with Crippen LogP contribution in [0.1, 0.15) is 92.0 Å². The normalized spacial score (nSPS) is 26.7. The highest BCUT2D eigenvalue weighted by atomic mass is 32.2. The number of para-hydroxylation sites is 1. The van der Waals surface area contributed by atoms with Crippen LogP contribution in [0.4, 0.5) is 9.18 Å². The summed E-state index contributed by atoms with van der Waals surface area (Å²) >= 11 is 0. The van der Waals surface area contributed by atoms with E-state index in [0.717, 1.165) is 17.1 Å². The standard InChI is InChI=1S/C36H51FN6O8S/c1-22(2)43-27-17-13-15-25(37)30(27)39-33(43)50-24-18-28-29(44)20-36(32(46)40-52(48,49)41(6)7)19-23(36)14-11-9-8-10-12-16-26(31(45)42(28)21-24)38-34(47)51-35(3,4)5/h11,13-15,17,22-24,26,28H,8-10,12,16,18-21H2,1-7H3,(H,38,47)(H,40,46)/b14-11-/t23-,24-,26+,28+,36-/m1/s1. The molecule has 52 heavy (non-hydrogen) atoms. The van der Waals surface area contributed by atoms with E-state index in [0.29, 0.717) is 24.8 Å². The second kappa shape index (κ2) is 15.1. The first-order valence-electron chi connectivity index (χ1n) is 17.9. The van der Waals surface area contributed by atoms with Crippen molar-refractivity contribution in [3.05, 3.63) is 36.2 Å². The minimum atomic E-state index is -4.14. The molecule has 5 rings (SSSR count). The predicted molar refractivity (Wildman–Crippen MR) is 191 cm³/mol. The molecule has 1 aliphatic carbocycles. The number of fused-ring (bicyclic) bond motifs is 3. The maximum absolute atomic E-state index is 14.8. The zero-order chi connectivity index (χ0) is 38.2. The molecular weight excluding hydrogens is 695 g/mol. The number of hydrogen-bond acceptors (Lipinski definition) is 9. The quantitative estimate of drug-likeness (QED) is 0.390. The molecule has 1 saturated heterocycles. The van der Waals surface area contributed by atoms with Gasteiger partial charge in [0.1, 0.15) is 23.3 Å². The van der Waals surface area contributed by atoms with Gasteiger partial charge in [-0.05, 0) is 78.4 Å². The van der Waals surface area contributed by atoms with Crippen LogP contribution in [0.3, 0.4) is 0 Å². The summed E-state index contributed by atoms with van der Waals surface area (Å²) < 4.78 is 56.8. The summed E-state index contributed by atoms with van der Waals surface area (Å²) in [5, 5.41) is 2.72. The molecule has 1 aromatic carbocycles. The van der Waals surface area contributed by atoms with Crippen LogP contribution >= 0.6 is 0 Å². The Kier molecular flexibility index (Phi) is 11.4. The average Bonchev–Trinajstić information content (AvgIpc) is 3.36. The van der Waals surface area contributed by atoms with Gasteiger partial charge in [0, 0.05) is 33.0 Å². The number of carbonyl (C=O) groups is 4. The number of alkyl carbamates (subject to hydrolysis) is 1. The number of halogens is 1. The van der Waals surface area contributed by atoms with Crippen molar-refractivity contribution in [3.8, 4) is 6.01 Å². The van der Waals surface area contributed by atoms with Gasteiger partial charge >= 0.3 is 16.3 Å². The number of amides is 3.